The zero-order chi connectivity index (χ0) is 16.0. The number of hydrogen-bond acceptors (Lipinski definition) is 7. The van der Waals surface area contributed by atoms with Gasteiger partial charge in [0.2, 0.25) is 9.30 Å². The average Bonchev–Trinajstić information content (AvgIpc) is 2.98. The second-order valence-electron chi connectivity index (χ2n) is 4.94. The fourth-order valence-corrected chi connectivity index (χ4v) is 3.73. The molecule has 0 saturated carbocycles. The molecule has 3 aromatic rings. The molecule has 4 rings (SSSR count). The second-order valence-corrected chi connectivity index (χ2v) is 7.54. The first-order valence-electron chi connectivity index (χ1n) is 6.76. The van der Waals surface area contributed by atoms with Crippen molar-refractivity contribution in [2.24, 2.45) is 0 Å². The maximum absolute atomic E-state index is 11.2. The third-order valence-electron chi connectivity index (χ3n) is 3.30. The molecule has 3 heterocycles. The van der Waals surface area contributed by atoms with Crippen LogP contribution in [0.3, 0.4) is 0 Å². The van der Waals surface area contributed by atoms with Gasteiger partial charge in [-0.15, -0.1) is 5.10 Å². The number of hydrogen-bond donors (Lipinski definition) is 0. The van der Waals surface area contributed by atoms with Crippen molar-refractivity contribution in [1.29, 1.82) is 0 Å². The molecular weight excluding hydrogens is 363 g/mol. The fraction of sp³-hybridized carbons (Fsp3) is 0.231. The number of sulfonamides is 1. The molecule has 2 aromatic heterocycles. The van der Waals surface area contributed by atoms with E-state index in [-0.39, 0.29) is 33.9 Å². The van der Waals surface area contributed by atoms with Crippen LogP contribution in [0.25, 0.3) is 21.4 Å². The summed E-state index contributed by atoms with van der Waals surface area (Å²) in [7, 11) is -4.07. The molecule has 0 fully saturated rings. The molecule has 0 unspecified atom stereocenters. The first-order chi connectivity index (χ1) is 11.0. The van der Waals surface area contributed by atoms with Gasteiger partial charge in [0.1, 0.15) is 10.0 Å². The van der Waals surface area contributed by atoms with E-state index in [1.165, 1.54) is 4.52 Å². The van der Waals surface area contributed by atoms with Gasteiger partial charge in [-0.25, -0.2) is 17.9 Å². The molecule has 1 N–H and O–H groups in total. The van der Waals surface area contributed by atoms with Crippen molar-refractivity contribution >= 4 is 26.3 Å². The zero-order valence-corrected chi connectivity index (χ0v) is 16.4. The zero-order valence-electron chi connectivity index (χ0n) is 12.7. The molecule has 0 amide bonds. The van der Waals surface area contributed by atoms with E-state index in [0.717, 1.165) is 23.3 Å². The quantitative estimate of drug-likeness (QED) is 0.553. The maximum atomic E-state index is 11.2. The minimum absolute atomic E-state index is 0. The van der Waals surface area contributed by atoms with E-state index in [9.17, 15) is 8.42 Å². The number of imidazole rings is 1. The maximum Gasteiger partial charge on any atom is 1.00 e. The van der Waals surface area contributed by atoms with Gasteiger partial charge in [0.15, 0.2) is 11.5 Å². The van der Waals surface area contributed by atoms with Crippen molar-refractivity contribution in [3.8, 4) is 22.8 Å². The van der Waals surface area contributed by atoms with E-state index in [1.807, 2.05) is 18.2 Å². The van der Waals surface area contributed by atoms with E-state index >= 15 is 0 Å². The molecule has 24 heavy (non-hydrogen) atoms. The molecule has 1 aliphatic heterocycles. The van der Waals surface area contributed by atoms with E-state index < -0.39 is 10.0 Å². The topological polar surface area (TPSA) is 107 Å². The molecule has 0 bridgehead atoms. The number of ether oxygens (including phenoxy) is 2. The third kappa shape index (κ3) is 3.30. The molecule has 11 heteroatoms. The van der Waals surface area contributed by atoms with Crippen LogP contribution in [-0.2, 0) is 10.0 Å². The van der Waals surface area contributed by atoms with E-state index in [2.05, 4.69) is 10.1 Å². The normalized spacial score (nSPS) is 14.2. The first-order valence-corrected chi connectivity index (χ1v) is 9.06. The van der Waals surface area contributed by atoms with Gasteiger partial charge < -0.3 is 14.6 Å². The van der Waals surface area contributed by atoms with Gasteiger partial charge in [-0.2, -0.15) is 0 Å². The summed E-state index contributed by atoms with van der Waals surface area (Å²) >= 11 is 0.861. The number of benzene rings is 1. The average molecular weight is 374 g/mol. The third-order valence-corrected chi connectivity index (χ3v) is 5.46. The van der Waals surface area contributed by atoms with E-state index in [4.69, 9.17) is 14.6 Å². The SMILES string of the molecule is [NH-]S(=O)(=O)c1nn2cc(-c3ccc4c(c3)OCCCO4)nc2s1.[Na+]. The predicted octanol–water partition coefficient (Wildman–Crippen LogP) is -0.636. The molecule has 1 aliphatic rings. The summed E-state index contributed by atoms with van der Waals surface area (Å²) in [6.07, 6.45) is 2.46. The van der Waals surface area contributed by atoms with Crippen LogP contribution in [0.2, 0.25) is 0 Å². The summed E-state index contributed by atoms with van der Waals surface area (Å²) in [5.74, 6) is 1.37. The Kier molecular flexibility index (Phi) is 4.87. The van der Waals surface area contributed by atoms with Crippen molar-refractivity contribution < 1.29 is 47.4 Å². The number of fused-ring (bicyclic) bond motifs is 2. The summed E-state index contributed by atoms with van der Waals surface area (Å²) in [6, 6.07) is 5.54. The van der Waals surface area contributed by atoms with Gasteiger partial charge in [-0.1, -0.05) is 11.3 Å². The van der Waals surface area contributed by atoms with Gasteiger partial charge in [-0.05, 0) is 18.2 Å². The van der Waals surface area contributed by atoms with Crippen molar-refractivity contribution in [2.45, 2.75) is 10.8 Å². The van der Waals surface area contributed by atoms with E-state index in [0.29, 0.717) is 35.4 Å². The van der Waals surface area contributed by atoms with Crippen LogP contribution in [0.1, 0.15) is 6.42 Å². The smallest absolute Gasteiger partial charge is 0.558 e. The molecule has 0 saturated heterocycles. The van der Waals surface area contributed by atoms with Crippen LogP contribution in [0.5, 0.6) is 11.5 Å². The Hall–Kier alpha value is -1.17. The van der Waals surface area contributed by atoms with Crippen molar-refractivity contribution in [1.82, 2.24) is 14.6 Å². The summed E-state index contributed by atoms with van der Waals surface area (Å²) in [4.78, 5) is 4.78. The predicted molar refractivity (Wildman–Crippen MR) is 83.4 cm³/mol. The van der Waals surface area contributed by atoms with Crippen LogP contribution >= 0.6 is 11.3 Å². The van der Waals surface area contributed by atoms with Crippen molar-refractivity contribution in [3.63, 3.8) is 0 Å². The summed E-state index contributed by atoms with van der Waals surface area (Å²) < 4.78 is 34.7. The largest absolute Gasteiger partial charge is 1.00 e. The number of nitrogens with zero attached hydrogens (tertiary/aromatic N) is 3. The Labute approximate surface area is 163 Å². The monoisotopic (exact) mass is 374 g/mol. The van der Waals surface area contributed by atoms with Gasteiger partial charge in [0.25, 0.3) is 0 Å². The minimum atomic E-state index is -4.07. The Morgan fingerprint density at radius 1 is 1.21 bits per heavy atom. The van der Waals surface area contributed by atoms with Crippen LogP contribution in [-0.4, -0.2) is 36.2 Å². The van der Waals surface area contributed by atoms with Gasteiger partial charge in [0.05, 0.1) is 25.1 Å². The molecule has 1 aromatic carbocycles. The summed E-state index contributed by atoms with van der Waals surface area (Å²) in [5, 5.41) is 10.9. The summed E-state index contributed by atoms with van der Waals surface area (Å²) in [5.41, 5.74) is 1.47. The molecule has 0 atom stereocenters. The van der Waals surface area contributed by atoms with Crippen LogP contribution in [0, 0.1) is 0 Å². The molecule has 0 spiro atoms. The fourth-order valence-electron chi connectivity index (χ4n) is 2.25. The molecular formula is C13H11N4NaO4S2. The Balaban J connectivity index is 0.00000169. The van der Waals surface area contributed by atoms with Gasteiger partial charge in [0, 0.05) is 12.0 Å². The molecule has 0 aliphatic carbocycles. The van der Waals surface area contributed by atoms with Crippen LogP contribution < -0.4 is 39.0 Å². The van der Waals surface area contributed by atoms with E-state index in [1.54, 1.807) is 6.20 Å². The Morgan fingerprint density at radius 2 is 1.96 bits per heavy atom. The number of rotatable bonds is 2. The Morgan fingerprint density at radius 3 is 2.67 bits per heavy atom. The summed E-state index contributed by atoms with van der Waals surface area (Å²) in [6.45, 7) is 1.22. The minimum Gasteiger partial charge on any atom is -0.558 e. The van der Waals surface area contributed by atoms with Crippen molar-refractivity contribution in [2.75, 3.05) is 13.2 Å². The molecule has 120 valence electrons. The number of aromatic nitrogens is 3. The number of nitrogens with one attached hydrogen (secondary N) is 1. The standard InChI is InChI=1S/C13H11N4O4S2.Na/c14-23(18,19)13-16-17-7-9(15-12(17)22-13)8-2-3-10-11(6-8)21-5-1-4-20-10;/h2-3,6-7H,1,4-5H2,(H-,14,18,19);/q-1;+1. The first kappa shape index (κ1) is 17.6. The van der Waals surface area contributed by atoms with Crippen LogP contribution in [0.4, 0.5) is 0 Å². The Bertz CT molecular complexity index is 967. The van der Waals surface area contributed by atoms with Crippen LogP contribution in [0.15, 0.2) is 28.7 Å². The van der Waals surface area contributed by atoms with Crippen molar-refractivity contribution in [3.05, 3.63) is 29.5 Å². The molecule has 0 radical (unpaired) electrons. The molecule has 8 nitrogen and oxygen atoms in total. The second kappa shape index (κ2) is 6.62. The van der Waals surface area contributed by atoms with Gasteiger partial charge in [-0.3, -0.25) is 0 Å². The van der Waals surface area contributed by atoms with Gasteiger partial charge >= 0.3 is 29.6 Å².